The minimum absolute atomic E-state index is 0.000575. The second-order valence-corrected chi connectivity index (χ2v) is 8.50. The van der Waals surface area contributed by atoms with Crippen molar-refractivity contribution >= 4 is 15.7 Å². The average molecular weight is 439 g/mol. The topological polar surface area (TPSA) is 91.0 Å². The molecule has 2 heterocycles. The Morgan fingerprint density at radius 2 is 1.80 bits per heavy atom. The van der Waals surface area contributed by atoms with Gasteiger partial charge >= 0.3 is 6.55 Å². The molecule has 0 aliphatic carbocycles. The van der Waals surface area contributed by atoms with E-state index in [0.717, 1.165) is 5.56 Å². The zero-order chi connectivity index (χ0) is 22.2. The van der Waals surface area contributed by atoms with Gasteiger partial charge in [-0.1, -0.05) is 12.1 Å². The fourth-order valence-corrected chi connectivity index (χ4v) is 4.93. The second kappa shape index (κ2) is 8.05. The quantitative estimate of drug-likeness (QED) is 0.608. The summed E-state index contributed by atoms with van der Waals surface area (Å²) in [7, 11) is -2.56. The molecule has 0 unspecified atom stereocenters. The van der Waals surface area contributed by atoms with Gasteiger partial charge in [-0.2, -0.15) is 19.0 Å². The van der Waals surface area contributed by atoms with Gasteiger partial charge < -0.3 is 4.74 Å². The van der Waals surface area contributed by atoms with E-state index in [9.17, 15) is 17.2 Å². The predicted octanol–water partition coefficient (Wildman–Crippen LogP) is 3.57. The first kappa shape index (κ1) is 21.8. The molecule has 0 aliphatic rings. The maximum absolute atomic E-state index is 13.1. The Balaban J connectivity index is 1.94. The number of hydrogen-bond donors (Lipinski definition) is 1. The number of hydrogen-bond acceptors (Lipinski definition) is 5. The van der Waals surface area contributed by atoms with Crippen LogP contribution in [0, 0.1) is 27.7 Å². The third-order valence-corrected chi connectivity index (χ3v) is 6.40. The highest BCUT2D eigenvalue weighted by atomic mass is 32.2. The van der Waals surface area contributed by atoms with Crippen LogP contribution in [0.25, 0.3) is 0 Å². The van der Waals surface area contributed by atoms with E-state index >= 15 is 0 Å². The molecule has 3 rings (SSSR count). The first-order valence-electron chi connectivity index (χ1n) is 9.08. The highest BCUT2D eigenvalue weighted by molar-refractivity contribution is 7.92. The van der Waals surface area contributed by atoms with Crippen LogP contribution in [0.1, 0.15) is 34.9 Å². The summed E-state index contributed by atoms with van der Waals surface area (Å²) >= 11 is 0. The zero-order valence-electron chi connectivity index (χ0n) is 17.3. The highest BCUT2D eigenvalue weighted by Gasteiger charge is 2.29. The lowest BCUT2D eigenvalue weighted by molar-refractivity contribution is 0.0538. The van der Waals surface area contributed by atoms with Gasteiger partial charge in [-0.3, -0.25) is 9.40 Å². The molecule has 3 aromatic rings. The Hall–Kier alpha value is -2.95. The number of aromatic nitrogens is 4. The van der Waals surface area contributed by atoms with Gasteiger partial charge in [0.15, 0.2) is 0 Å². The summed E-state index contributed by atoms with van der Waals surface area (Å²) in [5.41, 5.74) is 2.17. The molecule has 162 valence electrons. The largest absolute Gasteiger partial charge is 0.497 e. The number of methoxy groups -OCH3 is 1. The second-order valence-electron chi connectivity index (χ2n) is 6.88. The molecule has 0 fully saturated rings. The maximum atomic E-state index is 13.1. The van der Waals surface area contributed by atoms with Crippen LogP contribution in [-0.2, 0) is 16.6 Å². The van der Waals surface area contributed by atoms with Gasteiger partial charge in [-0.05, 0) is 45.4 Å². The molecule has 0 bridgehead atoms. The highest BCUT2D eigenvalue weighted by Crippen LogP contribution is 2.28. The lowest BCUT2D eigenvalue weighted by Gasteiger charge is -2.10. The van der Waals surface area contributed by atoms with E-state index in [0.29, 0.717) is 34.1 Å². The minimum atomic E-state index is -4.14. The number of benzene rings is 1. The first-order chi connectivity index (χ1) is 14.0. The summed E-state index contributed by atoms with van der Waals surface area (Å²) < 4.78 is 61.9. The molecular weight excluding hydrogens is 416 g/mol. The molecule has 30 heavy (non-hydrogen) atoms. The van der Waals surface area contributed by atoms with Crippen molar-refractivity contribution in [2.45, 2.75) is 45.7 Å². The van der Waals surface area contributed by atoms with Crippen LogP contribution < -0.4 is 9.46 Å². The van der Waals surface area contributed by atoms with Gasteiger partial charge in [-0.25, -0.2) is 13.1 Å². The molecule has 8 nitrogen and oxygen atoms in total. The number of aryl methyl sites for hydroxylation is 2. The first-order valence-corrected chi connectivity index (χ1v) is 10.6. The lowest BCUT2D eigenvalue weighted by Crippen LogP contribution is -2.16. The number of alkyl halides is 2. The molecule has 0 saturated heterocycles. The van der Waals surface area contributed by atoms with Crippen LogP contribution in [0.2, 0.25) is 0 Å². The fourth-order valence-electron chi connectivity index (χ4n) is 3.35. The SMILES string of the molecule is COc1cccc(Cn2nc(C)c(NS(=O)(=O)c3c(C)nn(C(F)F)c3C)c2C)c1. The van der Waals surface area contributed by atoms with Gasteiger partial charge in [0.1, 0.15) is 10.6 Å². The van der Waals surface area contributed by atoms with Crippen LogP contribution in [0.5, 0.6) is 5.75 Å². The zero-order valence-corrected chi connectivity index (χ0v) is 18.1. The Bertz CT molecular complexity index is 1190. The van der Waals surface area contributed by atoms with E-state index in [1.807, 2.05) is 24.3 Å². The number of ether oxygens (including phenoxy) is 1. The number of halogens is 2. The van der Waals surface area contributed by atoms with Crippen LogP contribution in [0.3, 0.4) is 0 Å². The Labute approximate surface area is 173 Å². The number of nitrogens with zero attached hydrogens (tertiary/aromatic N) is 4. The number of sulfonamides is 1. The summed E-state index contributed by atoms with van der Waals surface area (Å²) in [6.45, 7) is 3.57. The molecule has 1 aromatic carbocycles. The molecule has 0 saturated carbocycles. The predicted molar refractivity (Wildman–Crippen MR) is 108 cm³/mol. The molecule has 0 spiro atoms. The van der Waals surface area contributed by atoms with Crippen molar-refractivity contribution in [2.75, 3.05) is 11.8 Å². The maximum Gasteiger partial charge on any atom is 0.333 e. The molecule has 1 N–H and O–H groups in total. The van der Waals surface area contributed by atoms with Crippen molar-refractivity contribution in [3.63, 3.8) is 0 Å². The van der Waals surface area contributed by atoms with Gasteiger partial charge in [0, 0.05) is 0 Å². The van der Waals surface area contributed by atoms with E-state index in [2.05, 4.69) is 14.9 Å². The molecule has 0 aliphatic heterocycles. The number of rotatable bonds is 7. The summed E-state index contributed by atoms with van der Waals surface area (Å²) in [6, 6.07) is 7.46. The Kier molecular flexibility index (Phi) is 5.84. The smallest absolute Gasteiger partial charge is 0.333 e. The van der Waals surface area contributed by atoms with Crippen molar-refractivity contribution in [1.29, 1.82) is 0 Å². The van der Waals surface area contributed by atoms with E-state index in [-0.39, 0.29) is 16.3 Å². The third kappa shape index (κ3) is 4.02. The van der Waals surface area contributed by atoms with Gasteiger partial charge in [-0.15, -0.1) is 0 Å². The normalized spacial score (nSPS) is 11.9. The summed E-state index contributed by atoms with van der Waals surface area (Å²) in [4.78, 5) is -0.262. The van der Waals surface area contributed by atoms with E-state index in [1.165, 1.54) is 13.8 Å². The van der Waals surface area contributed by atoms with Crippen LogP contribution >= 0.6 is 0 Å². The monoisotopic (exact) mass is 439 g/mol. The standard InChI is InChI=1S/C19H23F2N5O3S/c1-11-17(13(3)25(22-11)10-15-7-6-8-16(9-15)29-5)24-30(27,28)18-12(2)23-26(14(18)4)19(20)21/h6-9,19,24H,10H2,1-5H3. The van der Waals surface area contributed by atoms with E-state index < -0.39 is 16.6 Å². The molecule has 11 heteroatoms. The molecule has 0 atom stereocenters. The number of anilines is 1. The Morgan fingerprint density at radius 1 is 1.10 bits per heavy atom. The summed E-state index contributed by atoms with van der Waals surface area (Å²) in [5, 5.41) is 8.08. The van der Waals surface area contributed by atoms with E-state index in [1.54, 1.807) is 25.6 Å². The third-order valence-electron chi connectivity index (χ3n) is 4.80. The average Bonchev–Trinajstić information content (AvgIpc) is 3.12. The number of nitrogens with one attached hydrogen (secondary N) is 1. The van der Waals surface area contributed by atoms with Gasteiger partial charge in [0.05, 0.1) is 42.1 Å². The summed E-state index contributed by atoms with van der Waals surface area (Å²) in [5.74, 6) is 0.706. The van der Waals surface area contributed by atoms with Crippen molar-refractivity contribution < 1.29 is 21.9 Å². The van der Waals surface area contributed by atoms with Crippen molar-refractivity contribution in [3.05, 3.63) is 52.6 Å². The molecule has 0 amide bonds. The fraction of sp³-hybridized carbons (Fsp3) is 0.368. The molecule has 2 aromatic heterocycles. The lowest BCUT2D eigenvalue weighted by atomic mass is 10.2. The van der Waals surface area contributed by atoms with E-state index in [4.69, 9.17) is 4.74 Å². The van der Waals surface area contributed by atoms with Crippen molar-refractivity contribution in [3.8, 4) is 5.75 Å². The molecule has 0 radical (unpaired) electrons. The molecular formula is C19H23F2N5O3S. The summed E-state index contributed by atoms with van der Waals surface area (Å²) in [6.07, 6.45) is 0. The van der Waals surface area contributed by atoms with Crippen LogP contribution in [0.15, 0.2) is 29.2 Å². The van der Waals surface area contributed by atoms with Crippen LogP contribution in [0.4, 0.5) is 14.5 Å². The van der Waals surface area contributed by atoms with Gasteiger partial charge in [0.2, 0.25) is 0 Å². The van der Waals surface area contributed by atoms with Crippen molar-refractivity contribution in [1.82, 2.24) is 19.6 Å². The van der Waals surface area contributed by atoms with Crippen molar-refractivity contribution in [2.24, 2.45) is 0 Å². The Morgan fingerprint density at radius 3 is 2.40 bits per heavy atom. The minimum Gasteiger partial charge on any atom is -0.497 e. The van der Waals surface area contributed by atoms with Crippen LogP contribution in [-0.4, -0.2) is 35.1 Å². The van der Waals surface area contributed by atoms with Gasteiger partial charge in [0.25, 0.3) is 10.0 Å².